The van der Waals surface area contributed by atoms with E-state index in [2.05, 4.69) is 54.0 Å². The number of rotatable bonds is 2. The van der Waals surface area contributed by atoms with Crippen LogP contribution in [0.15, 0.2) is 30.3 Å². The molecule has 3 heteroatoms. The SMILES string of the molecule is Cc1cc(C)c(C(Br)C2CCOc3ccccc32)s1. The summed E-state index contributed by atoms with van der Waals surface area (Å²) in [5, 5.41) is 0. The normalized spacial score (nSPS) is 19.6. The van der Waals surface area contributed by atoms with Gasteiger partial charge in [-0.15, -0.1) is 11.3 Å². The lowest BCUT2D eigenvalue weighted by molar-refractivity contribution is 0.266. The molecule has 1 nitrogen and oxygen atoms in total. The summed E-state index contributed by atoms with van der Waals surface area (Å²) in [4.78, 5) is 3.23. The molecule has 2 aromatic rings. The quantitative estimate of drug-likeness (QED) is 0.670. The van der Waals surface area contributed by atoms with Crippen LogP contribution in [-0.2, 0) is 0 Å². The number of fused-ring (bicyclic) bond motifs is 1. The van der Waals surface area contributed by atoms with Crippen molar-refractivity contribution in [1.82, 2.24) is 0 Å². The van der Waals surface area contributed by atoms with E-state index in [0.29, 0.717) is 10.7 Å². The van der Waals surface area contributed by atoms with Gasteiger partial charge < -0.3 is 4.74 Å². The predicted octanol–water partition coefficient (Wildman–Crippen LogP) is 5.37. The minimum absolute atomic E-state index is 0.385. The number of benzene rings is 1. The van der Waals surface area contributed by atoms with Crippen molar-refractivity contribution in [2.45, 2.75) is 31.0 Å². The summed E-state index contributed by atoms with van der Waals surface area (Å²) in [6.45, 7) is 5.20. The van der Waals surface area contributed by atoms with E-state index in [1.807, 2.05) is 17.4 Å². The van der Waals surface area contributed by atoms with Crippen LogP contribution in [0.2, 0.25) is 0 Å². The zero-order chi connectivity index (χ0) is 13.4. The summed E-state index contributed by atoms with van der Waals surface area (Å²) in [7, 11) is 0. The molecule has 2 heterocycles. The van der Waals surface area contributed by atoms with E-state index in [-0.39, 0.29) is 0 Å². The minimum Gasteiger partial charge on any atom is -0.493 e. The van der Waals surface area contributed by atoms with Gasteiger partial charge in [-0.3, -0.25) is 0 Å². The van der Waals surface area contributed by atoms with Crippen LogP contribution in [-0.4, -0.2) is 6.61 Å². The Morgan fingerprint density at radius 1 is 1.32 bits per heavy atom. The van der Waals surface area contributed by atoms with Crippen LogP contribution in [0.3, 0.4) is 0 Å². The second-order valence-corrected chi connectivity index (χ2v) is 7.36. The summed E-state index contributed by atoms with van der Waals surface area (Å²) < 4.78 is 5.76. The van der Waals surface area contributed by atoms with Gasteiger partial charge in [-0.1, -0.05) is 34.1 Å². The molecule has 1 aliphatic heterocycles. The molecule has 0 saturated heterocycles. The smallest absolute Gasteiger partial charge is 0.122 e. The summed E-state index contributed by atoms with van der Waals surface area (Å²) in [6, 6.07) is 10.7. The third kappa shape index (κ3) is 2.46. The number of ether oxygens (including phenoxy) is 1. The highest BCUT2D eigenvalue weighted by Crippen LogP contribution is 2.48. The maximum atomic E-state index is 5.76. The van der Waals surface area contributed by atoms with Gasteiger partial charge in [-0.05, 0) is 43.5 Å². The van der Waals surface area contributed by atoms with Gasteiger partial charge >= 0.3 is 0 Å². The lowest BCUT2D eigenvalue weighted by atomic mass is 9.89. The predicted molar refractivity (Wildman–Crippen MR) is 84.8 cm³/mol. The van der Waals surface area contributed by atoms with E-state index in [1.165, 1.54) is 20.9 Å². The molecule has 1 aromatic heterocycles. The van der Waals surface area contributed by atoms with Crippen LogP contribution >= 0.6 is 27.3 Å². The van der Waals surface area contributed by atoms with Crippen molar-refractivity contribution < 1.29 is 4.74 Å². The molecule has 100 valence electrons. The Kier molecular flexibility index (Phi) is 3.68. The Morgan fingerprint density at radius 2 is 2.11 bits per heavy atom. The van der Waals surface area contributed by atoms with Crippen molar-refractivity contribution in [3.63, 3.8) is 0 Å². The largest absolute Gasteiger partial charge is 0.493 e. The van der Waals surface area contributed by atoms with Gasteiger partial charge in [0.1, 0.15) is 5.75 Å². The highest BCUT2D eigenvalue weighted by molar-refractivity contribution is 9.09. The van der Waals surface area contributed by atoms with Crippen molar-refractivity contribution in [2.75, 3.05) is 6.61 Å². The Labute approximate surface area is 126 Å². The molecular weight excluding hydrogens is 320 g/mol. The number of halogens is 1. The second-order valence-electron chi connectivity index (χ2n) is 5.09. The van der Waals surface area contributed by atoms with Gasteiger partial charge in [0, 0.05) is 15.7 Å². The zero-order valence-corrected chi connectivity index (χ0v) is 13.6. The highest BCUT2D eigenvalue weighted by Gasteiger charge is 2.29. The van der Waals surface area contributed by atoms with Crippen molar-refractivity contribution in [2.24, 2.45) is 0 Å². The fourth-order valence-electron chi connectivity index (χ4n) is 2.79. The molecule has 0 spiro atoms. The van der Waals surface area contributed by atoms with Crippen molar-refractivity contribution in [3.8, 4) is 5.75 Å². The molecule has 1 aliphatic rings. The number of thiophene rings is 1. The number of alkyl halides is 1. The number of para-hydroxylation sites is 1. The van der Waals surface area contributed by atoms with E-state index in [9.17, 15) is 0 Å². The Morgan fingerprint density at radius 3 is 2.84 bits per heavy atom. The van der Waals surface area contributed by atoms with Gasteiger partial charge in [0.2, 0.25) is 0 Å². The summed E-state index contributed by atoms with van der Waals surface area (Å²) >= 11 is 5.84. The third-order valence-corrected chi connectivity index (χ3v) is 6.32. The Bertz CT molecular complexity index is 590. The molecule has 0 fully saturated rings. The molecule has 1 aromatic carbocycles. The molecule has 3 rings (SSSR count). The molecular formula is C16H17BrOS. The lowest BCUT2D eigenvalue weighted by Gasteiger charge is -2.29. The minimum atomic E-state index is 0.385. The monoisotopic (exact) mass is 336 g/mol. The molecule has 0 radical (unpaired) electrons. The fraction of sp³-hybridized carbons (Fsp3) is 0.375. The maximum absolute atomic E-state index is 5.76. The molecule has 19 heavy (non-hydrogen) atoms. The van der Waals surface area contributed by atoms with E-state index in [0.717, 1.165) is 18.8 Å². The second kappa shape index (κ2) is 5.29. The van der Waals surface area contributed by atoms with E-state index in [4.69, 9.17) is 4.74 Å². The van der Waals surface area contributed by atoms with Crippen LogP contribution in [0.5, 0.6) is 5.75 Å². The van der Waals surface area contributed by atoms with Gasteiger partial charge in [0.25, 0.3) is 0 Å². The van der Waals surface area contributed by atoms with Crippen LogP contribution in [0.25, 0.3) is 0 Å². The van der Waals surface area contributed by atoms with Crippen molar-refractivity contribution >= 4 is 27.3 Å². The summed E-state index contributed by atoms with van der Waals surface area (Å²) in [5.74, 6) is 1.55. The van der Waals surface area contributed by atoms with Gasteiger partial charge in [-0.2, -0.15) is 0 Å². The number of hydrogen-bond donors (Lipinski definition) is 0. The van der Waals surface area contributed by atoms with Crippen LogP contribution in [0, 0.1) is 13.8 Å². The topological polar surface area (TPSA) is 9.23 Å². The first-order valence-electron chi connectivity index (χ1n) is 6.59. The van der Waals surface area contributed by atoms with Crippen LogP contribution < -0.4 is 4.74 Å². The van der Waals surface area contributed by atoms with Crippen LogP contribution in [0.4, 0.5) is 0 Å². The first kappa shape index (κ1) is 13.2. The third-order valence-electron chi connectivity index (χ3n) is 3.69. The van der Waals surface area contributed by atoms with E-state index < -0.39 is 0 Å². The fourth-order valence-corrected chi connectivity index (χ4v) is 5.06. The highest BCUT2D eigenvalue weighted by atomic mass is 79.9. The van der Waals surface area contributed by atoms with Gasteiger partial charge in [-0.25, -0.2) is 0 Å². The number of aryl methyl sites for hydroxylation is 2. The van der Waals surface area contributed by atoms with Crippen molar-refractivity contribution in [1.29, 1.82) is 0 Å². The average Bonchev–Trinajstić information content (AvgIpc) is 2.76. The van der Waals surface area contributed by atoms with Gasteiger partial charge in [0.15, 0.2) is 0 Å². The molecule has 0 saturated carbocycles. The zero-order valence-electron chi connectivity index (χ0n) is 11.2. The number of hydrogen-bond acceptors (Lipinski definition) is 2. The average molecular weight is 337 g/mol. The summed E-state index contributed by atoms with van der Waals surface area (Å²) in [6.07, 6.45) is 1.07. The Hall–Kier alpha value is -0.800. The van der Waals surface area contributed by atoms with E-state index >= 15 is 0 Å². The summed E-state index contributed by atoms with van der Waals surface area (Å²) in [5.41, 5.74) is 2.73. The molecule has 0 bridgehead atoms. The maximum Gasteiger partial charge on any atom is 0.122 e. The lowest BCUT2D eigenvalue weighted by Crippen LogP contribution is -2.17. The van der Waals surface area contributed by atoms with Crippen molar-refractivity contribution in [3.05, 3.63) is 51.2 Å². The molecule has 2 unspecified atom stereocenters. The molecule has 0 aliphatic carbocycles. The standard InChI is InChI=1S/C16H17BrOS/c1-10-9-11(2)19-16(10)15(17)13-7-8-18-14-6-4-3-5-12(13)14/h3-6,9,13,15H,7-8H2,1-2H3. The molecule has 0 amide bonds. The van der Waals surface area contributed by atoms with E-state index in [1.54, 1.807) is 0 Å². The van der Waals surface area contributed by atoms with Gasteiger partial charge in [0.05, 0.1) is 11.4 Å². The molecule has 0 N–H and O–H groups in total. The molecule has 2 atom stereocenters. The first-order valence-corrected chi connectivity index (χ1v) is 8.33. The van der Waals surface area contributed by atoms with Crippen LogP contribution in [0.1, 0.15) is 38.0 Å². The Balaban J connectivity index is 1.97. The first-order chi connectivity index (χ1) is 9.16.